The standard InChI is InChI=1S/C13H17N3O3/c17-11-6-10(9-7-14-4-5-15-9)16(13(11)19)12(18)8-2-1-3-8/h4-5,7-8,10-11,13,17,19H,1-3,6H2. The molecule has 2 heterocycles. The van der Waals surface area contributed by atoms with E-state index in [0.717, 1.165) is 19.3 Å². The van der Waals surface area contributed by atoms with Gasteiger partial charge in [0.2, 0.25) is 5.91 Å². The van der Waals surface area contributed by atoms with Crippen molar-refractivity contribution < 1.29 is 15.0 Å². The van der Waals surface area contributed by atoms with Crippen molar-refractivity contribution in [2.45, 2.75) is 44.1 Å². The van der Waals surface area contributed by atoms with Crippen LogP contribution < -0.4 is 0 Å². The molecule has 3 atom stereocenters. The van der Waals surface area contributed by atoms with Gasteiger partial charge in [0.1, 0.15) is 6.10 Å². The fourth-order valence-corrected chi connectivity index (χ4v) is 2.73. The minimum Gasteiger partial charge on any atom is -0.388 e. The first-order chi connectivity index (χ1) is 9.18. The van der Waals surface area contributed by atoms with Gasteiger partial charge in [-0.15, -0.1) is 0 Å². The summed E-state index contributed by atoms with van der Waals surface area (Å²) in [5.74, 6) is -0.0925. The lowest BCUT2D eigenvalue weighted by Gasteiger charge is -2.34. The van der Waals surface area contributed by atoms with Gasteiger partial charge in [-0.3, -0.25) is 14.8 Å². The Hall–Kier alpha value is -1.53. The first-order valence-electron chi connectivity index (χ1n) is 6.62. The molecule has 0 radical (unpaired) electrons. The number of rotatable bonds is 2. The lowest BCUT2D eigenvalue weighted by atomic mass is 9.84. The molecular formula is C13H17N3O3. The van der Waals surface area contributed by atoms with Gasteiger partial charge in [0.15, 0.2) is 6.23 Å². The summed E-state index contributed by atoms with van der Waals surface area (Å²) in [6, 6.07) is -0.383. The van der Waals surface area contributed by atoms with Crippen LogP contribution in [0.2, 0.25) is 0 Å². The van der Waals surface area contributed by atoms with E-state index in [2.05, 4.69) is 9.97 Å². The largest absolute Gasteiger partial charge is 0.388 e. The van der Waals surface area contributed by atoms with Crippen molar-refractivity contribution in [1.82, 2.24) is 14.9 Å². The van der Waals surface area contributed by atoms with Gasteiger partial charge >= 0.3 is 0 Å². The zero-order chi connectivity index (χ0) is 13.4. The topological polar surface area (TPSA) is 86.6 Å². The molecule has 102 valence electrons. The van der Waals surface area contributed by atoms with Crippen LogP contribution in [0.4, 0.5) is 0 Å². The van der Waals surface area contributed by atoms with Gasteiger partial charge in [-0.05, 0) is 12.8 Å². The summed E-state index contributed by atoms with van der Waals surface area (Å²) in [6.07, 6.45) is 5.72. The predicted octanol–water partition coefficient (Wildman–Crippen LogP) is 0.229. The minimum atomic E-state index is -1.14. The summed E-state index contributed by atoms with van der Waals surface area (Å²) >= 11 is 0. The molecule has 1 aromatic rings. The minimum absolute atomic E-state index is 0.0147. The van der Waals surface area contributed by atoms with Crippen LogP contribution in [0.5, 0.6) is 0 Å². The maximum absolute atomic E-state index is 12.4. The van der Waals surface area contributed by atoms with E-state index in [4.69, 9.17) is 0 Å². The van der Waals surface area contributed by atoms with Crippen LogP contribution in [-0.4, -0.2) is 43.3 Å². The summed E-state index contributed by atoms with van der Waals surface area (Å²) in [5, 5.41) is 19.9. The Bertz CT molecular complexity index is 463. The molecule has 1 amide bonds. The monoisotopic (exact) mass is 263 g/mol. The maximum Gasteiger partial charge on any atom is 0.228 e. The first-order valence-corrected chi connectivity index (χ1v) is 6.62. The third-order valence-electron chi connectivity index (χ3n) is 4.06. The molecule has 1 saturated carbocycles. The molecular weight excluding hydrogens is 246 g/mol. The highest BCUT2D eigenvalue weighted by atomic mass is 16.4. The van der Waals surface area contributed by atoms with Crippen LogP contribution in [0.3, 0.4) is 0 Å². The van der Waals surface area contributed by atoms with E-state index in [1.165, 1.54) is 4.90 Å². The molecule has 3 rings (SSSR count). The van der Waals surface area contributed by atoms with E-state index < -0.39 is 12.3 Å². The molecule has 0 aromatic carbocycles. The van der Waals surface area contributed by atoms with Gasteiger partial charge in [0.25, 0.3) is 0 Å². The molecule has 0 bridgehead atoms. The molecule has 1 aliphatic carbocycles. The molecule has 1 saturated heterocycles. The van der Waals surface area contributed by atoms with E-state index in [1.54, 1.807) is 18.6 Å². The van der Waals surface area contributed by atoms with Crippen molar-refractivity contribution in [2.24, 2.45) is 5.92 Å². The number of amides is 1. The quantitative estimate of drug-likeness (QED) is 0.797. The lowest BCUT2D eigenvalue weighted by molar-refractivity contribution is -0.152. The van der Waals surface area contributed by atoms with Crippen molar-refractivity contribution >= 4 is 5.91 Å². The second kappa shape index (κ2) is 4.86. The summed E-state index contributed by atoms with van der Waals surface area (Å²) in [6.45, 7) is 0. The van der Waals surface area contributed by atoms with E-state index >= 15 is 0 Å². The first kappa shape index (κ1) is 12.5. The normalized spacial score (nSPS) is 31.3. The number of hydrogen-bond donors (Lipinski definition) is 2. The summed E-state index contributed by atoms with van der Waals surface area (Å²) < 4.78 is 0. The third-order valence-corrected chi connectivity index (χ3v) is 4.06. The third kappa shape index (κ3) is 2.11. The Kier molecular flexibility index (Phi) is 3.20. The Labute approximate surface area is 111 Å². The number of hydrogen-bond acceptors (Lipinski definition) is 5. The number of carbonyl (C=O) groups is 1. The van der Waals surface area contributed by atoms with Crippen molar-refractivity contribution in [1.29, 1.82) is 0 Å². The number of likely N-dealkylation sites (tertiary alicyclic amines) is 1. The van der Waals surface area contributed by atoms with Gasteiger partial charge in [-0.1, -0.05) is 6.42 Å². The Balaban J connectivity index is 1.87. The van der Waals surface area contributed by atoms with E-state index in [9.17, 15) is 15.0 Å². The van der Waals surface area contributed by atoms with Crippen LogP contribution in [0.25, 0.3) is 0 Å². The summed E-state index contributed by atoms with van der Waals surface area (Å²) in [7, 11) is 0. The van der Waals surface area contributed by atoms with Gasteiger partial charge in [-0.2, -0.15) is 0 Å². The van der Waals surface area contributed by atoms with Gasteiger partial charge < -0.3 is 15.1 Å². The highest BCUT2D eigenvalue weighted by Gasteiger charge is 2.46. The van der Waals surface area contributed by atoms with E-state index in [1.807, 2.05) is 0 Å². The fraction of sp³-hybridized carbons (Fsp3) is 0.615. The van der Waals surface area contributed by atoms with Crippen molar-refractivity contribution in [3.8, 4) is 0 Å². The van der Waals surface area contributed by atoms with Gasteiger partial charge in [0, 0.05) is 24.7 Å². The number of aliphatic hydroxyl groups excluding tert-OH is 2. The van der Waals surface area contributed by atoms with Crippen LogP contribution in [0.15, 0.2) is 18.6 Å². The molecule has 2 N–H and O–H groups in total. The summed E-state index contributed by atoms with van der Waals surface area (Å²) in [5.41, 5.74) is 0.616. The Morgan fingerprint density at radius 1 is 1.32 bits per heavy atom. The molecule has 0 spiro atoms. The van der Waals surface area contributed by atoms with Crippen LogP contribution in [0.1, 0.15) is 37.4 Å². The highest BCUT2D eigenvalue weighted by Crippen LogP contribution is 2.38. The Morgan fingerprint density at radius 3 is 2.68 bits per heavy atom. The van der Waals surface area contributed by atoms with Crippen LogP contribution in [0, 0.1) is 5.92 Å². The number of aromatic nitrogens is 2. The average Bonchev–Trinajstić information content (AvgIpc) is 2.65. The Morgan fingerprint density at radius 2 is 2.11 bits per heavy atom. The molecule has 2 fully saturated rings. The van der Waals surface area contributed by atoms with E-state index in [0.29, 0.717) is 12.1 Å². The molecule has 1 aromatic heterocycles. The predicted molar refractivity (Wildman–Crippen MR) is 65.6 cm³/mol. The molecule has 6 heteroatoms. The number of aliphatic hydroxyl groups is 2. The molecule has 6 nitrogen and oxygen atoms in total. The molecule has 2 aliphatic rings. The zero-order valence-corrected chi connectivity index (χ0v) is 10.5. The van der Waals surface area contributed by atoms with Crippen molar-refractivity contribution in [3.63, 3.8) is 0 Å². The maximum atomic E-state index is 12.4. The smallest absolute Gasteiger partial charge is 0.228 e. The summed E-state index contributed by atoms with van der Waals surface area (Å²) in [4.78, 5) is 21.9. The number of carbonyl (C=O) groups excluding carboxylic acids is 1. The van der Waals surface area contributed by atoms with Gasteiger partial charge in [-0.25, -0.2) is 0 Å². The second-order valence-electron chi connectivity index (χ2n) is 5.24. The van der Waals surface area contributed by atoms with Crippen molar-refractivity contribution in [2.75, 3.05) is 0 Å². The second-order valence-corrected chi connectivity index (χ2v) is 5.24. The average molecular weight is 263 g/mol. The zero-order valence-electron chi connectivity index (χ0n) is 10.5. The SMILES string of the molecule is O=C(C1CCC1)N1C(c2cnccn2)CC(O)C1O. The lowest BCUT2D eigenvalue weighted by Crippen LogP contribution is -2.45. The molecule has 1 aliphatic heterocycles. The van der Waals surface area contributed by atoms with E-state index in [-0.39, 0.29) is 17.9 Å². The number of nitrogens with zero attached hydrogens (tertiary/aromatic N) is 3. The highest BCUT2D eigenvalue weighted by molar-refractivity contribution is 5.80. The molecule has 3 unspecified atom stereocenters. The molecule has 19 heavy (non-hydrogen) atoms. The van der Waals surface area contributed by atoms with Crippen molar-refractivity contribution in [3.05, 3.63) is 24.3 Å². The fourth-order valence-electron chi connectivity index (χ4n) is 2.73. The van der Waals surface area contributed by atoms with Crippen LogP contribution >= 0.6 is 0 Å². The van der Waals surface area contributed by atoms with Gasteiger partial charge in [0.05, 0.1) is 17.9 Å². The van der Waals surface area contributed by atoms with Crippen LogP contribution in [-0.2, 0) is 4.79 Å².